The Morgan fingerprint density at radius 2 is 1.93 bits per heavy atom. The van der Waals surface area contributed by atoms with Crippen LogP contribution in [0.2, 0.25) is 0 Å². The smallest absolute Gasteiger partial charge is 0.257 e. The first kappa shape index (κ1) is 19.1. The highest BCUT2D eigenvalue weighted by Gasteiger charge is 2.17. The molecule has 0 aliphatic carbocycles. The van der Waals surface area contributed by atoms with Gasteiger partial charge >= 0.3 is 0 Å². The molecule has 1 aromatic carbocycles. The van der Waals surface area contributed by atoms with Gasteiger partial charge in [0.2, 0.25) is 5.89 Å². The molecule has 28 heavy (non-hydrogen) atoms. The number of aryl methyl sites for hydroxylation is 3. The van der Waals surface area contributed by atoms with E-state index in [9.17, 15) is 0 Å². The number of hydrogen-bond donors (Lipinski definition) is 1. The minimum absolute atomic E-state index is 0.103. The zero-order valence-electron chi connectivity index (χ0n) is 16.2. The van der Waals surface area contributed by atoms with Crippen molar-refractivity contribution >= 4 is 22.7 Å². The summed E-state index contributed by atoms with van der Waals surface area (Å²) in [5.41, 5.74) is 3.78. The summed E-state index contributed by atoms with van der Waals surface area (Å²) >= 11 is 3.48. The average Bonchev–Trinajstić information content (AvgIpc) is 3.44. The van der Waals surface area contributed by atoms with E-state index in [1.807, 2.05) is 0 Å². The van der Waals surface area contributed by atoms with E-state index < -0.39 is 0 Å². The van der Waals surface area contributed by atoms with Crippen molar-refractivity contribution < 1.29 is 4.42 Å². The maximum atomic E-state index is 5.93. The molecule has 0 aliphatic rings. The zero-order valence-corrected chi connectivity index (χ0v) is 17.9. The lowest BCUT2D eigenvalue weighted by Crippen LogP contribution is -2.21. The minimum Gasteiger partial charge on any atom is -0.419 e. The molecule has 6 heteroatoms. The molecule has 3 aromatic heterocycles. The monoisotopic (exact) mass is 409 g/mol. The SMILES string of the molecule is CCc1sc(-c2nnc(CNC(c3ccc(C)cc3)c3cccs3)o2)cc1C. The number of aromatic nitrogens is 2. The number of hydrogen-bond acceptors (Lipinski definition) is 6. The highest BCUT2D eigenvalue weighted by molar-refractivity contribution is 7.15. The Hall–Kier alpha value is -2.28. The van der Waals surface area contributed by atoms with Gasteiger partial charge in [0.25, 0.3) is 5.89 Å². The van der Waals surface area contributed by atoms with Crippen LogP contribution in [0.3, 0.4) is 0 Å². The molecule has 0 fully saturated rings. The summed E-state index contributed by atoms with van der Waals surface area (Å²) in [5.74, 6) is 1.21. The first-order valence-corrected chi connectivity index (χ1v) is 11.1. The average molecular weight is 410 g/mol. The molecule has 0 saturated carbocycles. The largest absolute Gasteiger partial charge is 0.419 e. The molecule has 0 radical (unpaired) electrons. The lowest BCUT2D eigenvalue weighted by molar-refractivity contribution is 0.464. The van der Waals surface area contributed by atoms with Crippen LogP contribution in [0.4, 0.5) is 0 Å². The molecule has 4 aromatic rings. The van der Waals surface area contributed by atoms with Crippen molar-refractivity contribution in [1.82, 2.24) is 15.5 Å². The maximum absolute atomic E-state index is 5.93. The molecule has 3 heterocycles. The predicted octanol–water partition coefficient (Wildman–Crippen LogP) is 5.92. The molecule has 0 aliphatic heterocycles. The molecule has 0 saturated heterocycles. The molecular weight excluding hydrogens is 386 g/mol. The fraction of sp³-hybridized carbons (Fsp3) is 0.273. The van der Waals surface area contributed by atoms with Crippen LogP contribution in [0, 0.1) is 13.8 Å². The number of benzene rings is 1. The number of rotatable bonds is 7. The quantitative estimate of drug-likeness (QED) is 0.412. The van der Waals surface area contributed by atoms with Crippen LogP contribution in [-0.4, -0.2) is 10.2 Å². The van der Waals surface area contributed by atoms with Gasteiger partial charge < -0.3 is 4.42 Å². The van der Waals surface area contributed by atoms with E-state index in [2.05, 4.69) is 84.1 Å². The topological polar surface area (TPSA) is 51.0 Å². The standard InChI is InChI=1S/C22H23N3OS2/c1-4-17-15(3)12-19(28-17)22-25-24-20(26-22)13-23-21(18-6-5-11-27-18)16-9-7-14(2)8-10-16/h5-12,21,23H,4,13H2,1-3H3. The number of thiophene rings is 2. The molecule has 1 atom stereocenters. The van der Waals surface area contributed by atoms with Crippen LogP contribution in [0.25, 0.3) is 10.8 Å². The Balaban J connectivity index is 1.51. The van der Waals surface area contributed by atoms with E-state index in [1.54, 1.807) is 22.7 Å². The Morgan fingerprint density at radius 1 is 1.11 bits per heavy atom. The van der Waals surface area contributed by atoms with E-state index in [-0.39, 0.29) is 6.04 Å². The summed E-state index contributed by atoms with van der Waals surface area (Å²) in [6.07, 6.45) is 1.03. The van der Waals surface area contributed by atoms with E-state index in [1.165, 1.54) is 26.4 Å². The third-order valence-corrected chi connectivity index (χ3v) is 7.02. The van der Waals surface area contributed by atoms with Gasteiger partial charge in [0.05, 0.1) is 17.5 Å². The van der Waals surface area contributed by atoms with Crippen molar-refractivity contribution in [2.45, 2.75) is 39.8 Å². The Morgan fingerprint density at radius 3 is 2.61 bits per heavy atom. The summed E-state index contributed by atoms with van der Waals surface area (Å²) in [5, 5.41) is 14.2. The fourth-order valence-electron chi connectivity index (χ4n) is 3.19. The van der Waals surface area contributed by atoms with Crippen molar-refractivity contribution in [3.8, 4) is 10.8 Å². The summed E-state index contributed by atoms with van der Waals surface area (Å²) in [7, 11) is 0. The lowest BCUT2D eigenvalue weighted by atomic mass is 10.0. The van der Waals surface area contributed by atoms with Crippen molar-refractivity contribution in [3.05, 3.63) is 80.2 Å². The lowest BCUT2D eigenvalue weighted by Gasteiger charge is -2.17. The summed E-state index contributed by atoms with van der Waals surface area (Å²) in [6.45, 7) is 6.93. The zero-order chi connectivity index (χ0) is 19.5. The van der Waals surface area contributed by atoms with Crippen LogP contribution in [0.5, 0.6) is 0 Å². The highest BCUT2D eigenvalue weighted by atomic mass is 32.1. The normalized spacial score (nSPS) is 12.4. The summed E-state index contributed by atoms with van der Waals surface area (Å²) in [4.78, 5) is 3.68. The Kier molecular flexibility index (Phi) is 5.71. The third kappa shape index (κ3) is 4.09. The van der Waals surface area contributed by atoms with Gasteiger partial charge in [0, 0.05) is 9.75 Å². The van der Waals surface area contributed by atoms with Crippen molar-refractivity contribution in [3.63, 3.8) is 0 Å². The molecule has 0 amide bonds. The highest BCUT2D eigenvalue weighted by Crippen LogP contribution is 2.31. The van der Waals surface area contributed by atoms with E-state index >= 15 is 0 Å². The van der Waals surface area contributed by atoms with Crippen LogP contribution in [0.1, 0.15) is 45.3 Å². The van der Waals surface area contributed by atoms with E-state index in [0.717, 1.165) is 11.3 Å². The minimum atomic E-state index is 0.103. The van der Waals surface area contributed by atoms with Gasteiger partial charge in [-0.25, -0.2) is 0 Å². The van der Waals surface area contributed by atoms with Crippen molar-refractivity contribution in [2.24, 2.45) is 0 Å². The number of nitrogens with one attached hydrogen (secondary N) is 1. The van der Waals surface area contributed by atoms with Gasteiger partial charge in [0.1, 0.15) is 0 Å². The second-order valence-corrected chi connectivity index (χ2v) is 8.93. The van der Waals surface area contributed by atoms with Crippen LogP contribution >= 0.6 is 22.7 Å². The second kappa shape index (κ2) is 8.39. The Bertz CT molecular complexity index is 1030. The van der Waals surface area contributed by atoms with Gasteiger partial charge in [0.15, 0.2) is 0 Å². The molecule has 4 rings (SSSR count). The van der Waals surface area contributed by atoms with E-state index in [0.29, 0.717) is 18.3 Å². The van der Waals surface area contributed by atoms with Crippen LogP contribution in [-0.2, 0) is 13.0 Å². The van der Waals surface area contributed by atoms with Crippen molar-refractivity contribution in [2.75, 3.05) is 0 Å². The van der Waals surface area contributed by atoms with Gasteiger partial charge in [-0.2, -0.15) is 0 Å². The molecule has 0 spiro atoms. The van der Waals surface area contributed by atoms with Gasteiger partial charge in [-0.05, 0) is 48.9 Å². The maximum Gasteiger partial charge on any atom is 0.257 e. The molecule has 4 nitrogen and oxygen atoms in total. The predicted molar refractivity (Wildman–Crippen MR) is 116 cm³/mol. The second-order valence-electron chi connectivity index (χ2n) is 6.81. The molecule has 1 N–H and O–H groups in total. The molecule has 1 unspecified atom stereocenters. The first-order chi connectivity index (χ1) is 13.6. The third-order valence-electron chi connectivity index (χ3n) is 4.72. The fourth-order valence-corrected chi connectivity index (χ4v) is 5.05. The van der Waals surface area contributed by atoms with Crippen LogP contribution < -0.4 is 5.32 Å². The molecule has 0 bridgehead atoms. The van der Waals surface area contributed by atoms with Gasteiger partial charge in [-0.3, -0.25) is 5.32 Å². The van der Waals surface area contributed by atoms with E-state index in [4.69, 9.17) is 4.42 Å². The summed E-state index contributed by atoms with van der Waals surface area (Å²) < 4.78 is 5.93. The van der Waals surface area contributed by atoms with Gasteiger partial charge in [-0.1, -0.05) is 42.8 Å². The Labute approximate surface area is 173 Å². The van der Waals surface area contributed by atoms with Gasteiger partial charge in [-0.15, -0.1) is 32.9 Å². The van der Waals surface area contributed by atoms with Crippen LogP contribution in [0.15, 0.2) is 52.3 Å². The number of nitrogens with zero attached hydrogens (tertiary/aromatic N) is 2. The molecular formula is C22H23N3OS2. The van der Waals surface area contributed by atoms with Crippen molar-refractivity contribution in [1.29, 1.82) is 0 Å². The first-order valence-electron chi connectivity index (χ1n) is 9.39. The summed E-state index contributed by atoms with van der Waals surface area (Å²) in [6, 6.07) is 15.1. The molecule has 144 valence electrons.